The van der Waals surface area contributed by atoms with E-state index in [1.165, 1.54) is 0 Å². The molecule has 0 spiro atoms. The summed E-state index contributed by atoms with van der Waals surface area (Å²) in [6.45, 7) is 2.04. The zero-order chi connectivity index (χ0) is 17.5. The Bertz CT molecular complexity index is 697. The number of rotatable bonds is 7. The Hall–Kier alpha value is -2.83. The van der Waals surface area contributed by atoms with Gasteiger partial charge in [0, 0.05) is 19.7 Å². The van der Waals surface area contributed by atoms with Gasteiger partial charge in [0.05, 0.1) is 5.69 Å². The third kappa shape index (κ3) is 4.84. The predicted molar refractivity (Wildman–Crippen MR) is 87.5 cm³/mol. The summed E-state index contributed by atoms with van der Waals surface area (Å²) in [4.78, 5) is 23.3. The summed E-state index contributed by atoms with van der Waals surface area (Å²) in [7, 11) is 1.78. The third-order valence-corrected chi connectivity index (χ3v) is 3.55. The van der Waals surface area contributed by atoms with Crippen molar-refractivity contribution in [1.82, 2.24) is 15.1 Å². The zero-order valence-electron chi connectivity index (χ0n) is 13.7. The van der Waals surface area contributed by atoms with Gasteiger partial charge in [-0.1, -0.05) is 37.3 Å². The predicted octanol–water partition coefficient (Wildman–Crippen LogP) is 1.90. The first-order valence-corrected chi connectivity index (χ1v) is 7.71. The second kappa shape index (κ2) is 8.14. The SMILES string of the molecule is CCc1nn(C)cc1CC(NC(=O)OCc1ccccc1)C(=O)O. The van der Waals surface area contributed by atoms with Crippen molar-refractivity contribution in [2.24, 2.45) is 7.05 Å². The van der Waals surface area contributed by atoms with E-state index in [4.69, 9.17) is 4.74 Å². The molecular weight excluding hydrogens is 310 g/mol. The van der Waals surface area contributed by atoms with Gasteiger partial charge in [-0.3, -0.25) is 4.68 Å². The molecule has 0 fully saturated rings. The number of nitrogens with zero attached hydrogens (tertiary/aromatic N) is 2. The van der Waals surface area contributed by atoms with E-state index in [9.17, 15) is 14.7 Å². The Morgan fingerprint density at radius 1 is 1.33 bits per heavy atom. The Morgan fingerprint density at radius 3 is 2.67 bits per heavy atom. The minimum atomic E-state index is -1.11. The Kier molecular flexibility index (Phi) is 5.95. The maximum Gasteiger partial charge on any atom is 0.408 e. The number of aryl methyl sites for hydroxylation is 2. The van der Waals surface area contributed by atoms with Crippen LogP contribution in [0.1, 0.15) is 23.7 Å². The number of carboxylic acids is 1. The molecule has 0 aliphatic carbocycles. The lowest BCUT2D eigenvalue weighted by Gasteiger charge is -2.14. The zero-order valence-corrected chi connectivity index (χ0v) is 13.7. The number of carbonyl (C=O) groups excluding carboxylic acids is 1. The molecule has 0 saturated heterocycles. The fourth-order valence-electron chi connectivity index (χ4n) is 2.38. The normalized spacial score (nSPS) is 11.8. The van der Waals surface area contributed by atoms with E-state index in [-0.39, 0.29) is 13.0 Å². The molecule has 2 rings (SSSR count). The van der Waals surface area contributed by atoms with E-state index in [0.717, 1.165) is 16.8 Å². The van der Waals surface area contributed by atoms with Crippen LogP contribution in [0.25, 0.3) is 0 Å². The van der Waals surface area contributed by atoms with Gasteiger partial charge in [0.15, 0.2) is 0 Å². The van der Waals surface area contributed by atoms with Gasteiger partial charge in [0.1, 0.15) is 12.6 Å². The molecule has 7 heteroatoms. The number of hydrogen-bond acceptors (Lipinski definition) is 4. The molecule has 1 atom stereocenters. The molecule has 1 amide bonds. The molecule has 1 heterocycles. The molecule has 24 heavy (non-hydrogen) atoms. The minimum Gasteiger partial charge on any atom is -0.480 e. The van der Waals surface area contributed by atoms with Crippen LogP contribution in [-0.4, -0.2) is 33.0 Å². The van der Waals surface area contributed by atoms with E-state index < -0.39 is 18.1 Å². The van der Waals surface area contributed by atoms with Crippen LogP contribution in [0.15, 0.2) is 36.5 Å². The van der Waals surface area contributed by atoms with Gasteiger partial charge >= 0.3 is 12.1 Å². The molecule has 0 bridgehead atoms. The van der Waals surface area contributed by atoms with E-state index in [0.29, 0.717) is 6.42 Å². The molecule has 0 radical (unpaired) electrons. The summed E-state index contributed by atoms with van der Waals surface area (Å²) < 4.78 is 6.71. The van der Waals surface area contributed by atoms with Crippen molar-refractivity contribution in [2.45, 2.75) is 32.4 Å². The van der Waals surface area contributed by atoms with E-state index in [2.05, 4.69) is 10.4 Å². The van der Waals surface area contributed by atoms with Crippen LogP contribution in [0, 0.1) is 0 Å². The Morgan fingerprint density at radius 2 is 2.04 bits per heavy atom. The summed E-state index contributed by atoms with van der Waals surface area (Å²) in [5, 5.41) is 16.0. The van der Waals surface area contributed by atoms with E-state index in [1.807, 2.05) is 37.3 Å². The smallest absolute Gasteiger partial charge is 0.408 e. The summed E-state index contributed by atoms with van der Waals surface area (Å²) in [6.07, 6.45) is 1.87. The van der Waals surface area contributed by atoms with Crippen molar-refractivity contribution in [2.75, 3.05) is 0 Å². The van der Waals surface area contributed by atoms with Gasteiger partial charge in [0.25, 0.3) is 0 Å². The highest BCUT2D eigenvalue weighted by Crippen LogP contribution is 2.11. The van der Waals surface area contributed by atoms with Gasteiger partial charge < -0.3 is 15.2 Å². The first kappa shape index (κ1) is 17.5. The van der Waals surface area contributed by atoms with Crippen LogP contribution in [-0.2, 0) is 36.0 Å². The minimum absolute atomic E-state index is 0.0894. The van der Waals surface area contributed by atoms with Crippen molar-refractivity contribution >= 4 is 12.1 Å². The summed E-state index contributed by atoms with van der Waals surface area (Å²) >= 11 is 0. The van der Waals surface area contributed by atoms with Gasteiger partial charge in [-0.05, 0) is 17.5 Å². The van der Waals surface area contributed by atoms with Crippen LogP contribution in [0.2, 0.25) is 0 Å². The lowest BCUT2D eigenvalue weighted by molar-refractivity contribution is -0.139. The number of aliphatic carboxylic acids is 1. The maximum absolute atomic E-state index is 11.9. The maximum atomic E-state index is 11.9. The quantitative estimate of drug-likeness (QED) is 0.808. The number of amides is 1. The molecule has 1 aromatic carbocycles. The molecule has 0 saturated carbocycles. The fraction of sp³-hybridized carbons (Fsp3) is 0.353. The van der Waals surface area contributed by atoms with Crippen LogP contribution in [0.5, 0.6) is 0 Å². The third-order valence-electron chi connectivity index (χ3n) is 3.55. The summed E-state index contributed by atoms with van der Waals surface area (Å²) in [5.74, 6) is -1.11. The molecule has 1 unspecified atom stereocenters. The summed E-state index contributed by atoms with van der Waals surface area (Å²) in [6, 6.07) is 8.12. The van der Waals surface area contributed by atoms with E-state index in [1.54, 1.807) is 17.9 Å². The molecule has 2 aromatic rings. The number of ether oxygens (including phenoxy) is 1. The van der Waals surface area contributed by atoms with Crippen LogP contribution < -0.4 is 5.32 Å². The van der Waals surface area contributed by atoms with Crippen LogP contribution >= 0.6 is 0 Å². The molecule has 0 aliphatic heterocycles. The topological polar surface area (TPSA) is 93.5 Å². The lowest BCUT2D eigenvalue weighted by atomic mass is 10.1. The number of nitrogens with one attached hydrogen (secondary N) is 1. The van der Waals surface area contributed by atoms with Crippen molar-refractivity contribution in [3.8, 4) is 0 Å². The van der Waals surface area contributed by atoms with Gasteiger partial charge in [-0.25, -0.2) is 9.59 Å². The van der Waals surface area contributed by atoms with Crippen LogP contribution in [0.3, 0.4) is 0 Å². The number of alkyl carbamates (subject to hydrolysis) is 1. The highest BCUT2D eigenvalue weighted by Gasteiger charge is 2.23. The molecular formula is C17H21N3O4. The van der Waals surface area contributed by atoms with Gasteiger partial charge in [0.2, 0.25) is 0 Å². The van der Waals surface area contributed by atoms with Gasteiger partial charge in [-0.15, -0.1) is 0 Å². The van der Waals surface area contributed by atoms with Crippen molar-refractivity contribution in [3.05, 3.63) is 53.3 Å². The molecule has 2 N–H and O–H groups in total. The fourth-order valence-corrected chi connectivity index (χ4v) is 2.38. The first-order chi connectivity index (χ1) is 11.5. The molecule has 128 valence electrons. The van der Waals surface area contributed by atoms with Crippen molar-refractivity contribution in [3.63, 3.8) is 0 Å². The standard InChI is InChI=1S/C17H21N3O4/c1-3-14-13(10-20(2)19-14)9-15(16(21)22)18-17(23)24-11-12-7-5-4-6-8-12/h4-8,10,15H,3,9,11H2,1-2H3,(H,18,23)(H,21,22). The van der Waals surface area contributed by atoms with E-state index >= 15 is 0 Å². The second-order valence-corrected chi connectivity index (χ2v) is 5.43. The summed E-state index contributed by atoms with van der Waals surface area (Å²) in [5.41, 5.74) is 2.46. The van der Waals surface area contributed by atoms with Crippen molar-refractivity contribution < 1.29 is 19.4 Å². The monoisotopic (exact) mass is 331 g/mol. The Labute approximate surface area is 140 Å². The highest BCUT2D eigenvalue weighted by atomic mass is 16.5. The molecule has 1 aromatic heterocycles. The molecule has 7 nitrogen and oxygen atoms in total. The highest BCUT2D eigenvalue weighted by molar-refractivity contribution is 5.80. The largest absolute Gasteiger partial charge is 0.480 e. The van der Waals surface area contributed by atoms with Crippen molar-refractivity contribution in [1.29, 1.82) is 0 Å². The molecule has 0 aliphatic rings. The Balaban J connectivity index is 1.95. The average molecular weight is 331 g/mol. The van der Waals surface area contributed by atoms with Gasteiger partial charge in [-0.2, -0.15) is 5.10 Å². The number of carboxylic acid groups (broad SMARTS) is 1. The number of hydrogen-bond donors (Lipinski definition) is 2. The second-order valence-electron chi connectivity index (χ2n) is 5.43. The van der Waals surface area contributed by atoms with Crippen LogP contribution in [0.4, 0.5) is 4.79 Å². The number of carbonyl (C=O) groups is 2. The number of aromatic nitrogens is 2. The average Bonchev–Trinajstić information content (AvgIpc) is 2.93. The lowest BCUT2D eigenvalue weighted by Crippen LogP contribution is -2.42. The first-order valence-electron chi connectivity index (χ1n) is 7.71. The number of benzene rings is 1.